The normalized spacial score (nSPS) is 10.8. The van der Waals surface area contributed by atoms with E-state index in [4.69, 9.17) is 26.8 Å². The van der Waals surface area contributed by atoms with Crippen LogP contribution in [-0.4, -0.2) is 38.3 Å². The van der Waals surface area contributed by atoms with E-state index in [-0.39, 0.29) is 0 Å². The van der Waals surface area contributed by atoms with Gasteiger partial charge in [0.2, 0.25) is 0 Å². The fraction of sp³-hybridized carbons (Fsp3) is 0.571. The van der Waals surface area contributed by atoms with Crippen LogP contribution >= 0.6 is 11.6 Å². The van der Waals surface area contributed by atoms with Crippen LogP contribution in [0.25, 0.3) is 0 Å². The summed E-state index contributed by atoms with van der Waals surface area (Å²) in [5.41, 5.74) is 6.27. The number of methoxy groups -OCH3 is 1. The molecule has 2 N–H and O–H groups in total. The average Bonchev–Trinajstić information content (AvgIpc) is 2.40. The predicted octanol–water partition coefficient (Wildman–Crippen LogP) is 3.04. The van der Waals surface area contributed by atoms with Gasteiger partial charge in [-0.3, -0.25) is 0 Å². The summed E-state index contributed by atoms with van der Waals surface area (Å²) >= 11 is 6.11. The Balaban J connectivity index is 2.53. The smallest absolute Gasteiger partial charge is 0.179 e. The van der Waals surface area contributed by atoms with Crippen LogP contribution in [0.5, 0.6) is 11.5 Å². The number of rotatable bonds is 8. The van der Waals surface area contributed by atoms with Gasteiger partial charge in [0.15, 0.2) is 11.5 Å². The van der Waals surface area contributed by atoms with Gasteiger partial charge in [-0.25, -0.2) is 0 Å². The van der Waals surface area contributed by atoms with Gasteiger partial charge >= 0.3 is 0 Å². The molecule has 0 spiro atoms. The summed E-state index contributed by atoms with van der Waals surface area (Å²) in [7, 11) is 1.58. The molecule has 0 amide bonds. The fourth-order valence-corrected chi connectivity index (χ4v) is 2.16. The van der Waals surface area contributed by atoms with E-state index in [2.05, 4.69) is 18.7 Å². The topological polar surface area (TPSA) is 47.7 Å². The van der Waals surface area contributed by atoms with Gasteiger partial charge in [-0.2, -0.15) is 0 Å². The lowest BCUT2D eigenvalue weighted by molar-refractivity contribution is 0.243. The van der Waals surface area contributed by atoms with Crippen LogP contribution in [0.2, 0.25) is 5.02 Å². The number of hydrogen-bond acceptors (Lipinski definition) is 4. The lowest BCUT2D eigenvalue weighted by atomic mass is 10.3. The van der Waals surface area contributed by atoms with E-state index in [1.54, 1.807) is 19.2 Å². The lowest BCUT2D eigenvalue weighted by Crippen LogP contribution is -2.25. The number of halogens is 1. The van der Waals surface area contributed by atoms with Gasteiger partial charge < -0.3 is 20.1 Å². The molecule has 0 unspecified atom stereocenters. The third-order valence-corrected chi connectivity index (χ3v) is 3.29. The molecule has 0 fully saturated rings. The second-order valence-electron chi connectivity index (χ2n) is 4.26. The maximum Gasteiger partial charge on any atom is 0.179 e. The first-order chi connectivity index (χ1) is 9.12. The zero-order valence-corrected chi connectivity index (χ0v) is 12.7. The molecule has 0 saturated heterocycles. The maximum absolute atomic E-state index is 6.11. The fourth-order valence-electron chi connectivity index (χ4n) is 1.88. The Morgan fingerprint density at radius 3 is 2.53 bits per heavy atom. The number of nitrogen functional groups attached to an aromatic ring is 1. The maximum atomic E-state index is 6.11. The Morgan fingerprint density at radius 1 is 1.26 bits per heavy atom. The molecule has 0 aliphatic heterocycles. The molecule has 108 valence electrons. The summed E-state index contributed by atoms with van der Waals surface area (Å²) in [6, 6.07) is 3.38. The van der Waals surface area contributed by atoms with Gasteiger partial charge in [-0.1, -0.05) is 25.4 Å². The van der Waals surface area contributed by atoms with Crippen molar-refractivity contribution in [1.82, 2.24) is 4.90 Å². The van der Waals surface area contributed by atoms with Crippen molar-refractivity contribution in [2.24, 2.45) is 0 Å². The van der Waals surface area contributed by atoms with E-state index in [1.807, 2.05) is 0 Å². The molecule has 0 radical (unpaired) electrons. The summed E-state index contributed by atoms with van der Waals surface area (Å²) in [5, 5.41) is 0.486. The van der Waals surface area contributed by atoms with Crippen LogP contribution < -0.4 is 15.2 Å². The van der Waals surface area contributed by atoms with Crippen LogP contribution in [0.15, 0.2) is 12.1 Å². The first-order valence-corrected chi connectivity index (χ1v) is 6.98. The number of ether oxygens (including phenoxy) is 2. The molecular weight excluding hydrogens is 264 g/mol. The predicted molar refractivity (Wildman–Crippen MR) is 80.3 cm³/mol. The first-order valence-electron chi connectivity index (χ1n) is 6.60. The van der Waals surface area contributed by atoms with Crippen LogP contribution in [0.4, 0.5) is 5.69 Å². The van der Waals surface area contributed by atoms with Crippen molar-refractivity contribution in [3.63, 3.8) is 0 Å². The Labute approximate surface area is 120 Å². The quantitative estimate of drug-likeness (QED) is 0.589. The van der Waals surface area contributed by atoms with E-state index in [1.165, 1.54) is 0 Å². The Kier molecular flexibility index (Phi) is 6.81. The molecule has 1 rings (SSSR count). The molecule has 0 aliphatic rings. The van der Waals surface area contributed by atoms with E-state index in [0.29, 0.717) is 28.8 Å². The number of anilines is 1. The van der Waals surface area contributed by atoms with Crippen LogP contribution in [0, 0.1) is 0 Å². The van der Waals surface area contributed by atoms with Crippen LogP contribution in [0.3, 0.4) is 0 Å². The third kappa shape index (κ3) is 4.80. The van der Waals surface area contributed by atoms with Gasteiger partial charge in [0, 0.05) is 18.3 Å². The Morgan fingerprint density at radius 2 is 1.95 bits per heavy atom. The zero-order valence-electron chi connectivity index (χ0n) is 11.9. The van der Waals surface area contributed by atoms with E-state index in [0.717, 1.165) is 26.1 Å². The summed E-state index contributed by atoms with van der Waals surface area (Å²) in [5.74, 6) is 1.14. The largest absolute Gasteiger partial charge is 0.493 e. The number of benzene rings is 1. The van der Waals surface area contributed by atoms with E-state index < -0.39 is 0 Å². The van der Waals surface area contributed by atoms with Gasteiger partial charge in [-0.05, 0) is 25.6 Å². The van der Waals surface area contributed by atoms with Gasteiger partial charge in [0.1, 0.15) is 0 Å². The Bertz CT molecular complexity index is 395. The highest BCUT2D eigenvalue weighted by Crippen LogP contribution is 2.37. The minimum Gasteiger partial charge on any atom is -0.493 e. The average molecular weight is 287 g/mol. The number of nitrogens with zero attached hydrogens (tertiary/aromatic N) is 1. The molecule has 4 nitrogen and oxygen atoms in total. The van der Waals surface area contributed by atoms with Crippen molar-refractivity contribution in [2.45, 2.75) is 20.3 Å². The molecular formula is C14H23ClN2O2. The summed E-state index contributed by atoms with van der Waals surface area (Å²) in [4.78, 5) is 2.35. The number of hydrogen-bond donors (Lipinski definition) is 1. The minimum absolute atomic E-state index is 0.486. The highest BCUT2D eigenvalue weighted by molar-refractivity contribution is 6.32. The molecule has 0 bridgehead atoms. The molecule has 0 aliphatic carbocycles. The monoisotopic (exact) mass is 286 g/mol. The van der Waals surface area contributed by atoms with Crippen molar-refractivity contribution < 1.29 is 9.47 Å². The molecule has 1 aromatic carbocycles. The standard InChI is InChI=1S/C14H23ClN2O2/c1-4-17(5-2)7-6-8-19-14-12(15)9-11(16)10-13(14)18-3/h9-10H,4-8,16H2,1-3H3. The molecule has 19 heavy (non-hydrogen) atoms. The van der Waals surface area contributed by atoms with E-state index in [9.17, 15) is 0 Å². The number of nitrogens with two attached hydrogens (primary N) is 1. The molecule has 0 aromatic heterocycles. The summed E-state index contributed by atoms with van der Waals surface area (Å²) < 4.78 is 10.9. The molecule has 1 aromatic rings. The minimum atomic E-state index is 0.486. The van der Waals surface area contributed by atoms with Crippen molar-refractivity contribution in [3.8, 4) is 11.5 Å². The third-order valence-electron chi connectivity index (χ3n) is 3.01. The summed E-state index contributed by atoms with van der Waals surface area (Å²) in [6.07, 6.45) is 0.950. The second-order valence-corrected chi connectivity index (χ2v) is 4.67. The SMILES string of the molecule is CCN(CC)CCCOc1c(Cl)cc(N)cc1OC. The lowest BCUT2D eigenvalue weighted by Gasteiger charge is -2.18. The first kappa shape index (κ1) is 15.9. The van der Waals surface area contributed by atoms with Crippen molar-refractivity contribution in [1.29, 1.82) is 0 Å². The molecule has 0 heterocycles. The van der Waals surface area contributed by atoms with Crippen molar-refractivity contribution in [2.75, 3.05) is 39.1 Å². The molecule has 0 saturated carbocycles. The summed E-state index contributed by atoms with van der Waals surface area (Å²) in [6.45, 7) is 8.05. The highest BCUT2D eigenvalue weighted by atomic mass is 35.5. The van der Waals surface area contributed by atoms with Gasteiger partial charge in [0.05, 0.1) is 18.7 Å². The highest BCUT2D eigenvalue weighted by Gasteiger charge is 2.11. The zero-order chi connectivity index (χ0) is 14.3. The van der Waals surface area contributed by atoms with Crippen molar-refractivity contribution in [3.05, 3.63) is 17.2 Å². The van der Waals surface area contributed by atoms with Crippen LogP contribution in [0.1, 0.15) is 20.3 Å². The van der Waals surface area contributed by atoms with E-state index >= 15 is 0 Å². The molecule has 5 heteroatoms. The second kappa shape index (κ2) is 8.12. The van der Waals surface area contributed by atoms with Crippen LogP contribution in [-0.2, 0) is 0 Å². The Hall–Kier alpha value is -1.13. The van der Waals surface area contributed by atoms with Gasteiger partial charge in [0.25, 0.3) is 0 Å². The van der Waals surface area contributed by atoms with Crippen molar-refractivity contribution >= 4 is 17.3 Å². The molecule has 0 atom stereocenters. The van der Waals surface area contributed by atoms with Gasteiger partial charge in [-0.15, -0.1) is 0 Å².